The number of benzene rings is 8. The molecule has 0 N–H and O–H groups in total. The van der Waals surface area contributed by atoms with Crippen LogP contribution in [0.5, 0.6) is 23.0 Å². The summed E-state index contributed by atoms with van der Waals surface area (Å²) in [6, 6.07) is 58.3. The van der Waals surface area contributed by atoms with Gasteiger partial charge in [0.05, 0.1) is 46.5 Å². The Bertz CT molecular complexity index is 3000. The minimum atomic E-state index is -2.63. The molecular weight excluding hydrogens is 1400 g/mol. The van der Waals surface area contributed by atoms with E-state index in [4.69, 9.17) is 176 Å². The van der Waals surface area contributed by atoms with Crippen LogP contribution in [0.2, 0.25) is 40.2 Å². The Morgan fingerprint density at radius 1 is 0.280 bits per heavy atom. The fourth-order valence-corrected chi connectivity index (χ4v) is 18.6. The third kappa shape index (κ3) is 23.2. The molecule has 26 heteroatoms. The molecular formula is C56H52Cl8O8P4S6-4. The van der Waals surface area contributed by atoms with Gasteiger partial charge in [-0.15, -0.1) is 0 Å². The molecule has 0 aliphatic carbocycles. The van der Waals surface area contributed by atoms with Crippen molar-refractivity contribution in [2.75, 3.05) is 26.4 Å². The van der Waals surface area contributed by atoms with E-state index in [9.17, 15) is 0 Å². The first-order valence-electron chi connectivity index (χ1n) is 24.0. The molecule has 0 aromatic heterocycles. The number of halogens is 8. The first-order chi connectivity index (χ1) is 38.2. The van der Waals surface area contributed by atoms with Gasteiger partial charge in [0.2, 0.25) is 0 Å². The summed E-state index contributed by atoms with van der Waals surface area (Å²) in [5.41, 5.74) is 0. The van der Waals surface area contributed by atoms with Gasteiger partial charge in [-0.25, -0.2) is 0 Å². The van der Waals surface area contributed by atoms with E-state index in [1.54, 1.807) is 72.8 Å². The zero-order valence-corrected chi connectivity index (χ0v) is 58.4. The highest BCUT2D eigenvalue weighted by Gasteiger charge is 2.28. The van der Waals surface area contributed by atoms with Crippen molar-refractivity contribution in [3.63, 3.8) is 0 Å². The van der Waals surface area contributed by atoms with Crippen molar-refractivity contribution in [2.45, 2.75) is 27.7 Å². The van der Waals surface area contributed by atoms with Gasteiger partial charge in [0.1, 0.15) is 23.0 Å². The van der Waals surface area contributed by atoms with Crippen LogP contribution in [-0.2, 0) is 92.3 Å². The molecule has 4 atom stereocenters. The predicted molar refractivity (Wildman–Crippen MR) is 371 cm³/mol. The lowest BCUT2D eigenvalue weighted by atomic mass is 10.3. The lowest BCUT2D eigenvalue weighted by molar-refractivity contribution is 0.338. The SMILES string of the molecule is CCOP(=S)(Oc1ccc(Cl)cc1Cl)c1ccccc1.CCOP(=S)(Oc1ccc(Cl)cc1Cl)c1ccccc1.CCOP(=S)(Oc1ccc(Cl)cc1Cl)c1ccccc1.CCOP(=S)(Oc1ccc(Cl)cc1Cl)c1ccccc1.[S-2].[S-2]. The van der Waals surface area contributed by atoms with Crippen molar-refractivity contribution in [3.8, 4) is 23.0 Å². The minimum absolute atomic E-state index is 0. The molecule has 8 aromatic rings. The molecule has 0 radical (unpaired) electrons. The summed E-state index contributed by atoms with van der Waals surface area (Å²) in [5.74, 6) is 1.93. The highest BCUT2D eigenvalue weighted by atomic mass is 35.5. The molecule has 0 aliphatic rings. The molecule has 82 heavy (non-hydrogen) atoms. The Balaban J connectivity index is 0.000000285. The van der Waals surface area contributed by atoms with Gasteiger partial charge in [0, 0.05) is 41.3 Å². The minimum Gasteiger partial charge on any atom is -2.00 e. The number of rotatable bonds is 20. The molecule has 0 saturated heterocycles. The van der Waals surface area contributed by atoms with E-state index in [0.717, 1.165) is 21.2 Å². The van der Waals surface area contributed by atoms with Crippen molar-refractivity contribution in [1.82, 2.24) is 0 Å². The van der Waals surface area contributed by atoms with Gasteiger partial charge in [-0.3, -0.25) is 0 Å². The third-order valence-electron chi connectivity index (χ3n) is 9.94. The second-order valence-corrected chi connectivity index (χ2v) is 32.6. The molecule has 8 rings (SSSR count). The van der Waals surface area contributed by atoms with Crippen LogP contribution in [0.1, 0.15) is 27.7 Å². The number of hydrogen-bond acceptors (Lipinski definition) is 12. The van der Waals surface area contributed by atoms with Crippen LogP contribution in [0, 0.1) is 0 Å². The van der Waals surface area contributed by atoms with Crippen LogP contribution in [0.25, 0.3) is 0 Å². The lowest BCUT2D eigenvalue weighted by Gasteiger charge is -2.23. The van der Waals surface area contributed by atoms with Crippen molar-refractivity contribution in [1.29, 1.82) is 0 Å². The number of hydrogen-bond donors (Lipinski definition) is 0. The highest BCUT2D eigenvalue weighted by molar-refractivity contribution is 8.14. The maximum absolute atomic E-state index is 6.13. The quantitative estimate of drug-likeness (QED) is 0.0683. The fraction of sp³-hybridized carbons (Fsp3) is 0.143. The Hall–Kier alpha value is -1.58. The van der Waals surface area contributed by atoms with Crippen LogP contribution in [0.15, 0.2) is 194 Å². The van der Waals surface area contributed by atoms with E-state index < -0.39 is 26.0 Å². The highest BCUT2D eigenvalue weighted by Crippen LogP contribution is 2.53. The predicted octanol–water partition coefficient (Wildman–Crippen LogP) is 20.2. The van der Waals surface area contributed by atoms with E-state index in [0.29, 0.717) is 89.6 Å². The second-order valence-electron chi connectivity index (χ2n) is 15.7. The van der Waals surface area contributed by atoms with Crippen LogP contribution in [-0.4, -0.2) is 26.4 Å². The molecule has 0 fully saturated rings. The van der Waals surface area contributed by atoms with Crippen molar-refractivity contribution in [2.24, 2.45) is 0 Å². The fourth-order valence-electron chi connectivity index (χ4n) is 6.45. The molecule has 0 saturated carbocycles. The van der Waals surface area contributed by atoms with Gasteiger partial charge in [-0.1, -0.05) is 166 Å². The first kappa shape index (κ1) is 74.7. The third-order valence-corrected chi connectivity index (χ3v) is 24.6. The molecule has 0 spiro atoms. The Morgan fingerprint density at radius 2 is 0.451 bits per heavy atom. The molecule has 0 aliphatic heterocycles. The van der Waals surface area contributed by atoms with Crippen LogP contribution >= 0.6 is 119 Å². The summed E-state index contributed by atoms with van der Waals surface area (Å²) >= 11 is 70.5. The first-order valence-corrected chi connectivity index (χ1v) is 37.6. The Morgan fingerprint density at radius 3 is 0.598 bits per heavy atom. The van der Waals surface area contributed by atoms with E-state index in [-0.39, 0.29) is 27.0 Å². The van der Waals surface area contributed by atoms with E-state index >= 15 is 0 Å². The van der Waals surface area contributed by atoms with Crippen LogP contribution in [0.4, 0.5) is 0 Å². The summed E-state index contributed by atoms with van der Waals surface area (Å²) in [6.45, 7) is -1.10. The smallest absolute Gasteiger partial charge is 0.269 e. The van der Waals surface area contributed by atoms with Gasteiger partial charge in [0.15, 0.2) is 0 Å². The topological polar surface area (TPSA) is 73.8 Å². The molecule has 8 nitrogen and oxygen atoms in total. The van der Waals surface area contributed by atoms with E-state index in [1.165, 1.54) is 0 Å². The lowest BCUT2D eigenvalue weighted by Crippen LogP contribution is -2.12. The summed E-state index contributed by atoms with van der Waals surface area (Å²) in [7, 11) is 0. The van der Waals surface area contributed by atoms with Crippen molar-refractivity contribution in [3.05, 3.63) is 234 Å². The second kappa shape index (κ2) is 37.3. The summed E-state index contributed by atoms with van der Waals surface area (Å²) < 4.78 is 46.6. The molecule has 8 aromatic carbocycles. The average Bonchev–Trinajstić information content (AvgIpc) is 3.47. The van der Waals surface area contributed by atoms with Crippen LogP contribution in [0.3, 0.4) is 0 Å². The van der Waals surface area contributed by atoms with Gasteiger partial charge in [0.25, 0.3) is 26.0 Å². The van der Waals surface area contributed by atoms with Gasteiger partial charge in [-0.05, 0) is 196 Å². The summed E-state index contributed by atoms with van der Waals surface area (Å²) in [6.07, 6.45) is 0. The van der Waals surface area contributed by atoms with Crippen molar-refractivity contribution < 1.29 is 36.2 Å². The summed E-state index contributed by atoms with van der Waals surface area (Å²) in [4.78, 5) is 0. The monoisotopic (exact) mass is 1450 g/mol. The maximum atomic E-state index is 6.13. The molecule has 440 valence electrons. The molecule has 0 bridgehead atoms. The van der Waals surface area contributed by atoms with Gasteiger partial charge < -0.3 is 63.2 Å². The van der Waals surface area contributed by atoms with Crippen LogP contribution < -0.4 is 39.3 Å². The zero-order chi connectivity index (χ0) is 58.4. The van der Waals surface area contributed by atoms with E-state index in [1.807, 2.05) is 149 Å². The summed E-state index contributed by atoms with van der Waals surface area (Å²) in [5, 5.41) is 7.27. The Kier molecular flexibility index (Phi) is 34.0. The normalized spacial score (nSPS) is 13.4. The Labute approximate surface area is 556 Å². The van der Waals surface area contributed by atoms with Gasteiger partial charge >= 0.3 is 0 Å². The molecule has 0 amide bonds. The average molecular weight is 1450 g/mol. The maximum Gasteiger partial charge on any atom is 0.269 e. The zero-order valence-electron chi connectivity index (χ0n) is 43.8. The molecule has 0 heterocycles. The standard InChI is InChI=1S/4C14H13Cl2O2PS.2S/c4*1-2-17-19(20,12-6-4-3-5-7-12)18-14-9-8-11(15)10-13(14)16;;/h4*3-10H,2H2,1H3;;/q;;;;2*-2. The van der Waals surface area contributed by atoms with Crippen molar-refractivity contribution >= 4 is 214 Å². The largest absolute Gasteiger partial charge is 2.00 e. The molecule has 4 unspecified atom stereocenters. The van der Waals surface area contributed by atoms with Gasteiger partial charge in [-0.2, -0.15) is 0 Å². The van der Waals surface area contributed by atoms with E-state index in [2.05, 4.69) is 0 Å².